The Morgan fingerprint density at radius 3 is 2.89 bits per heavy atom. The summed E-state index contributed by atoms with van der Waals surface area (Å²) in [5.74, 6) is -0.293. The fraction of sp³-hybridized carbons (Fsp3) is 0.500. The van der Waals surface area contributed by atoms with Crippen molar-refractivity contribution in [3.05, 3.63) is 35.1 Å². The maximum atomic E-state index is 13.1. The molecule has 1 N–H and O–H groups in total. The molecule has 2 rings (SSSR count). The van der Waals surface area contributed by atoms with Crippen molar-refractivity contribution in [1.29, 1.82) is 0 Å². The van der Waals surface area contributed by atoms with Crippen molar-refractivity contribution in [3.63, 3.8) is 0 Å². The van der Waals surface area contributed by atoms with Crippen molar-refractivity contribution in [2.45, 2.75) is 26.3 Å². The van der Waals surface area contributed by atoms with Crippen LogP contribution in [0.1, 0.15) is 29.3 Å². The first kappa shape index (κ1) is 13.0. The number of carbonyl (C=O) groups excluding carboxylic acids is 1. The van der Waals surface area contributed by atoms with E-state index < -0.39 is 0 Å². The monoisotopic (exact) mass is 250 g/mol. The molecule has 1 saturated heterocycles. The molecule has 0 radical (unpaired) electrons. The van der Waals surface area contributed by atoms with Gasteiger partial charge >= 0.3 is 0 Å². The third-order valence-electron chi connectivity index (χ3n) is 3.50. The molecule has 1 aromatic carbocycles. The van der Waals surface area contributed by atoms with E-state index in [2.05, 4.69) is 5.32 Å². The SMILES string of the molecule is CCN(C(=O)c1ccc(F)cc1C)C1CCNC1. The maximum Gasteiger partial charge on any atom is 0.254 e. The first-order valence-electron chi connectivity index (χ1n) is 6.41. The van der Waals surface area contributed by atoms with Crippen LogP contribution in [0.15, 0.2) is 18.2 Å². The van der Waals surface area contributed by atoms with Gasteiger partial charge in [-0.25, -0.2) is 4.39 Å². The summed E-state index contributed by atoms with van der Waals surface area (Å²) in [7, 11) is 0. The van der Waals surface area contributed by atoms with Gasteiger partial charge in [0.2, 0.25) is 0 Å². The molecule has 18 heavy (non-hydrogen) atoms. The number of likely N-dealkylation sites (N-methyl/N-ethyl adjacent to an activating group) is 1. The van der Waals surface area contributed by atoms with Crippen molar-refractivity contribution >= 4 is 5.91 Å². The van der Waals surface area contributed by atoms with Crippen molar-refractivity contribution in [2.75, 3.05) is 19.6 Å². The first-order valence-corrected chi connectivity index (χ1v) is 6.41. The first-order chi connectivity index (χ1) is 8.63. The van der Waals surface area contributed by atoms with Crippen LogP contribution in [0.3, 0.4) is 0 Å². The molecule has 98 valence electrons. The standard InChI is InChI=1S/C14H19FN2O/c1-3-17(12-6-7-16-9-12)14(18)13-5-4-11(15)8-10(13)2/h4-5,8,12,16H,3,6-7,9H2,1-2H3. The van der Waals surface area contributed by atoms with Crippen molar-refractivity contribution in [1.82, 2.24) is 10.2 Å². The average molecular weight is 250 g/mol. The van der Waals surface area contributed by atoms with E-state index in [-0.39, 0.29) is 17.8 Å². The molecule has 1 fully saturated rings. The highest BCUT2D eigenvalue weighted by Gasteiger charge is 2.26. The molecule has 0 spiro atoms. The molecular formula is C14H19FN2O. The Morgan fingerprint density at radius 1 is 1.56 bits per heavy atom. The minimum Gasteiger partial charge on any atom is -0.335 e. The van der Waals surface area contributed by atoms with Gasteiger partial charge in [-0.1, -0.05) is 0 Å². The predicted octanol–water partition coefficient (Wildman–Crippen LogP) is 1.96. The Labute approximate surface area is 107 Å². The van der Waals surface area contributed by atoms with Crippen LogP contribution in [0.25, 0.3) is 0 Å². The number of amides is 1. The number of aryl methyl sites for hydroxylation is 1. The van der Waals surface area contributed by atoms with E-state index in [9.17, 15) is 9.18 Å². The highest BCUT2D eigenvalue weighted by molar-refractivity contribution is 5.95. The highest BCUT2D eigenvalue weighted by Crippen LogP contribution is 2.17. The smallest absolute Gasteiger partial charge is 0.254 e. The summed E-state index contributed by atoms with van der Waals surface area (Å²) in [6, 6.07) is 4.60. The minimum atomic E-state index is -0.297. The predicted molar refractivity (Wildman–Crippen MR) is 69.1 cm³/mol. The average Bonchev–Trinajstić information content (AvgIpc) is 2.83. The third kappa shape index (κ3) is 2.53. The summed E-state index contributed by atoms with van der Waals surface area (Å²) >= 11 is 0. The quantitative estimate of drug-likeness (QED) is 0.889. The topological polar surface area (TPSA) is 32.3 Å². The van der Waals surface area contributed by atoms with Gasteiger partial charge in [-0.2, -0.15) is 0 Å². The van der Waals surface area contributed by atoms with Crippen molar-refractivity contribution < 1.29 is 9.18 Å². The van der Waals surface area contributed by atoms with Gasteiger partial charge in [-0.15, -0.1) is 0 Å². The van der Waals surface area contributed by atoms with Crippen LogP contribution in [-0.4, -0.2) is 36.5 Å². The summed E-state index contributed by atoms with van der Waals surface area (Å²) in [5, 5.41) is 3.26. The van der Waals surface area contributed by atoms with Gasteiger partial charge in [0.15, 0.2) is 0 Å². The zero-order chi connectivity index (χ0) is 13.1. The Morgan fingerprint density at radius 2 is 2.33 bits per heavy atom. The number of halogens is 1. The molecule has 0 aromatic heterocycles. The van der Waals surface area contributed by atoms with Crippen LogP contribution in [0.2, 0.25) is 0 Å². The Hall–Kier alpha value is -1.42. The summed E-state index contributed by atoms with van der Waals surface area (Å²) < 4.78 is 13.1. The molecule has 1 atom stereocenters. The van der Waals surface area contributed by atoms with Crippen LogP contribution < -0.4 is 5.32 Å². The van der Waals surface area contributed by atoms with Crippen LogP contribution in [-0.2, 0) is 0 Å². The molecule has 1 aromatic rings. The summed E-state index contributed by atoms with van der Waals surface area (Å²) in [6.45, 7) is 6.24. The lowest BCUT2D eigenvalue weighted by molar-refractivity contribution is 0.0703. The molecule has 0 aliphatic carbocycles. The van der Waals surface area contributed by atoms with E-state index in [0.29, 0.717) is 17.7 Å². The molecule has 1 aliphatic rings. The van der Waals surface area contributed by atoms with E-state index in [1.165, 1.54) is 12.1 Å². The molecule has 1 heterocycles. The van der Waals surface area contributed by atoms with Gasteiger partial charge in [0.1, 0.15) is 5.82 Å². The molecule has 1 aliphatic heterocycles. The lowest BCUT2D eigenvalue weighted by Crippen LogP contribution is -2.41. The van der Waals surface area contributed by atoms with Crippen molar-refractivity contribution in [2.24, 2.45) is 0 Å². The number of rotatable bonds is 3. The largest absolute Gasteiger partial charge is 0.335 e. The molecule has 0 bridgehead atoms. The molecule has 0 saturated carbocycles. The summed E-state index contributed by atoms with van der Waals surface area (Å²) in [6.07, 6.45) is 0.986. The van der Waals surface area contributed by atoms with E-state index in [4.69, 9.17) is 0 Å². The fourth-order valence-corrected chi connectivity index (χ4v) is 2.49. The number of hydrogen-bond acceptors (Lipinski definition) is 2. The van der Waals surface area contributed by atoms with Gasteiger partial charge in [-0.3, -0.25) is 4.79 Å². The van der Waals surface area contributed by atoms with Gasteiger partial charge in [0.05, 0.1) is 0 Å². The second-order valence-electron chi connectivity index (χ2n) is 4.70. The van der Waals surface area contributed by atoms with Crippen LogP contribution in [0.5, 0.6) is 0 Å². The molecule has 1 unspecified atom stereocenters. The second kappa shape index (κ2) is 5.48. The normalized spacial score (nSPS) is 18.9. The van der Waals surface area contributed by atoms with Gasteiger partial charge in [-0.05, 0) is 50.6 Å². The molecule has 1 amide bonds. The second-order valence-corrected chi connectivity index (χ2v) is 4.70. The van der Waals surface area contributed by atoms with Crippen LogP contribution in [0, 0.1) is 12.7 Å². The summed E-state index contributed by atoms with van der Waals surface area (Å²) in [4.78, 5) is 14.3. The van der Waals surface area contributed by atoms with Gasteiger partial charge in [0, 0.05) is 24.7 Å². The van der Waals surface area contributed by atoms with E-state index in [1.54, 1.807) is 13.0 Å². The molecule has 4 heteroatoms. The van der Waals surface area contributed by atoms with E-state index in [0.717, 1.165) is 19.5 Å². The number of hydrogen-bond donors (Lipinski definition) is 1. The van der Waals surface area contributed by atoms with E-state index >= 15 is 0 Å². The fourth-order valence-electron chi connectivity index (χ4n) is 2.49. The van der Waals surface area contributed by atoms with E-state index in [1.807, 2.05) is 11.8 Å². The van der Waals surface area contributed by atoms with Gasteiger partial charge in [0.25, 0.3) is 5.91 Å². The Kier molecular flexibility index (Phi) is 3.97. The molecule has 3 nitrogen and oxygen atoms in total. The lowest BCUT2D eigenvalue weighted by atomic mass is 10.1. The van der Waals surface area contributed by atoms with Crippen LogP contribution >= 0.6 is 0 Å². The number of carbonyl (C=O) groups is 1. The maximum absolute atomic E-state index is 13.1. The number of benzene rings is 1. The number of nitrogens with zero attached hydrogens (tertiary/aromatic N) is 1. The summed E-state index contributed by atoms with van der Waals surface area (Å²) in [5.41, 5.74) is 1.30. The number of nitrogens with one attached hydrogen (secondary N) is 1. The van der Waals surface area contributed by atoms with Crippen molar-refractivity contribution in [3.8, 4) is 0 Å². The highest BCUT2D eigenvalue weighted by atomic mass is 19.1. The molecular weight excluding hydrogens is 231 g/mol. The lowest BCUT2D eigenvalue weighted by Gasteiger charge is -2.27. The third-order valence-corrected chi connectivity index (χ3v) is 3.50. The van der Waals surface area contributed by atoms with Crippen LogP contribution in [0.4, 0.5) is 4.39 Å². The van der Waals surface area contributed by atoms with Gasteiger partial charge < -0.3 is 10.2 Å². The zero-order valence-corrected chi connectivity index (χ0v) is 10.9. The Bertz CT molecular complexity index is 441. The zero-order valence-electron chi connectivity index (χ0n) is 10.9. The Balaban J connectivity index is 2.22. The minimum absolute atomic E-state index is 0.00343.